The zero-order valence-corrected chi connectivity index (χ0v) is 12.3. The molecule has 0 aliphatic rings. The Balaban J connectivity index is 2.92. The predicted molar refractivity (Wildman–Crippen MR) is 77.3 cm³/mol. The van der Waals surface area contributed by atoms with E-state index in [1.54, 1.807) is 20.1 Å². The van der Waals surface area contributed by atoms with Gasteiger partial charge in [-0.1, -0.05) is 25.4 Å². The molecular formula is C14H20ClNO3. The van der Waals surface area contributed by atoms with Crippen molar-refractivity contribution in [3.05, 3.63) is 23.2 Å². The van der Waals surface area contributed by atoms with Crippen molar-refractivity contribution in [1.82, 2.24) is 0 Å². The zero-order valence-electron chi connectivity index (χ0n) is 11.5. The second-order valence-electron chi connectivity index (χ2n) is 4.50. The Morgan fingerprint density at radius 1 is 1.53 bits per heavy atom. The molecule has 0 spiro atoms. The molecule has 0 bridgehead atoms. The van der Waals surface area contributed by atoms with Crippen LogP contribution in [0.2, 0.25) is 5.02 Å². The van der Waals surface area contributed by atoms with Gasteiger partial charge in [0.15, 0.2) is 0 Å². The molecule has 0 aromatic heterocycles. The van der Waals surface area contributed by atoms with E-state index in [-0.39, 0.29) is 0 Å². The summed E-state index contributed by atoms with van der Waals surface area (Å²) in [5, 5.41) is 9.54. The Morgan fingerprint density at radius 2 is 2.21 bits per heavy atom. The lowest BCUT2D eigenvalue weighted by Gasteiger charge is -2.26. The lowest BCUT2D eigenvalue weighted by Crippen LogP contribution is -2.32. The smallest absolute Gasteiger partial charge is 0.308 e. The van der Waals surface area contributed by atoms with Crippen LogP contribution in [0, 0.1) is 5.92 Å². The Hall–Kier alpha value is -1.42. The molecule has 1 aromatic rings. The number of methoxy groups -OCH3 is 1. The van der Waals surface area contributed by atoms with Crippen LogP contribution in [-0.2, 0) is 4.79 Å². The van der Waals surface area contributed by atoms with E-state index >= 15 is 0 Å². The number of benzene rings is 1. The third kappa shape index (κ3) is 4.31. The summed E-state index contributed by atoms with van der Waals surface area (Å²) < 4.78 is 5.11. The Morgan fingerprint density at radius 3 is 2.68 bits per heavy atom. The minimum atomic E-state index is -0.791. The number of anilines is 1. The van der Waals surface area contributed by atoms with Gasteiger partial charge >= 0.3 is 5.97 Å². The van der Waals surface area contributed by atoms with Crippen LogP contribution < -0.4 is 9.64 Å². The molecule has 0 saturated carbocycles. The normalized spacial score (nSPS) is 12.0. The SMILES string of the molecule is CCCN(CC(C)C(=O)O)c1ccc(OC)c(Cl)c1. The maximum atomic E-state index is 11.0. The van der Waals surface area contributed by atoms with Crippen molar-refractivity contribution in [3.8, 4) is 5.75 Å². The number of carboxylic acids is 1. The van der Waals surface area contributed by atoms with Crippen LogP contribution in [0.4, 0.5) is 5.69 Å². The van der Waals surface area contributed by atoms with E-state index in [2.05, 4.69) is 6.92 Å². The van der Waals surface area contributed by atoms with E-state index in [0.29, 0.717) is 17.3 Å². The van der Waals surface area contributed by atoms with E-state index in [1.807, 2.05) is 17.0 Å². The third-order valence-corrected chi connectivity index (χ3v) is 3.21. The van der Waals surface area contributed by atoms with Crippen molar-refractivity contribution in [3.63, 3.8) is 0 Å². The summed E-state index contributed by atoms with van der Waals surface area (Å²) in [6.45, 7) is 5.02. The van der Waals surface area contributed by atoms with Crippen LogP contribution in [0.25, 0.3) is 0 Å². The molecular weight excluding hydrogens is 266 g/mol. The van der Waals surface area contributed by atoms with Gasteiger partial charge in [-0.2, -0.15) is 0 Å². The summed E-state index contributed by atoms with van der Waals surface area (Å²) in [6.07, 6.45) is 0.940. The molecule has 1 atom stereocenters. The molecule has 0 aliphatic carbocycles. The van der Waals surface area contributed by atoms with Crippen molar-refractivity contribution >= 4 is 23.3 Å². The summed E-state index contributed by atoms with van der Waals surface area (Å²) in [5.74, 6) is -0.596. The minimum absolute atomic E-state index is 0.424. The molecule has 0 heterocycles. The number of carboxylic acid groups (broad SMARTS) is 1. The average molecular weight is 286 g/mol. The van der Waals surface area contributed by atoms with Gasteiger partial charge in [-0.25, -0.2) is 0 Å². The molecule has 0 aliphatic heterocycles. The number of hydrogen-bond donors (Lipinski definition) is 1. The number of carbonyl (C=O) groups is 1. The van der Waals surface area contributed by atoms with E-state index in [0.717, 1.165) is 18.7 Å². The molecule has 0 amide bonds. The van der Waals surface area contributed by atoms with Crippen molar-refractivity contribution < 1.29 is 14.6 Å². The monoisotopic (exact) mass is 285 g/mol. The first-order valence-corrected chi connectivity index (χ1v) is 6.68. The van der Waals surface area contributed by atoms with Gasteiger partial charge in [-0.15, -0.1) is 0 Å². The highest BCUT2D eigenvalue weighted by Gasteiger charge is 2.17. The molecule has 1 unspecified atom stereocenters. The molecule has 1 N–H and O–H groups in total. The number of aliphatic carboxylic acids is 1. The Bertz CT molecular complexity index is 437. The standard InChI is InChI=1S/C14H20ClNO3/c1-4-7-16(9-10(2)14(17)18)11-5-6-13(19-3)12(15)8-11/h5-6,8,10H,4,7,9H2,1-3H3,(H,17,18). The number of hydrogen-bond acceptors (Lipinski definition) is 3. The summed E-state index contributed by atoms with van der Waals surface area (Å²) in [6, 6.07) is 5.51. The highest BCUT2D eigenvalue weighted by Crippen LogP contribution is 2.29. The van der Waals surface area contributed by atoms with Gasteiger partial charge in [-0.05, 0) is 24.6 Å². The van der Waals surface area contributed by atoms with Gasteiger partial charge < -0.3 is 14.7 Å². The Kier molecular flexibility index (Phi) is 5.96. The van der Waals surface area contributed by atoms with Crippen molar-refractivity contribution in [1.29, 1.82) is 0 Å². The lowest BCUT2D eigenvalue weighted by molar-refractivity contribution is -0.140. The highest BCUT2D eigenvalue weighted by atomic mass is 35.5. The number of rotatable bonds is 7. The fourth-order valence-electron chi connectivity index (χ4n) is 1.86. The van der Waals surface area contributed by atoms with Gasteiger partial charge in [0.25, 0.3) is 0 Å². The van der Waals surface area contributed by atoms with Crippen LogP contribution in [0.15, 0.2) is 18.2 Å². The highest BCUT2D eigenvalue weighted by molar-refractivity contribution is 6.32. The predicted octanol–water partition coefficient (Wildman–Crippen LogP) is 3.29. The van der Waals surface area contributed by atoms with Crippen LogP contribution in [-0.4, -0.2) is 31.3 Å². The first-order valence-electron chi connectivity index (χ1n) is 6.30. The summed E-state index contributed by atoms with van der Waals surface area (Å²) in [7, 11) is 1.57. The van der Waals surface area contributed by atoms with Gasteiger partial charge in [0.1, 0.15) is 5.75 Å². The van der Waals surface area contributed by atoms with Crippen molar-refractivity contribution in [2.45, 2.75) is 20.3 Å². The molecule has 1 aromatic carbocycles. The zero-order chi connectivity index (χ0) is 14.4. The first-order chi connectivity index (χ1) is 8.99. The first kappa shape index (κ1) is 15.6. The molecule has 0 saturated heterocycles. The summed E-state index contributed by atoms with van der Waals surface area (Å²) >= 11 is 6.10. The van der Waals surface area contributed by atoms with Crippen LogP contribution >= 0.6 is 11.6 Å². The van der Waals surface area contributed by atoms with Gasteiger partial charge in [0, 0.05) is 18.8 Å². The topological polar surface area (TPSA) is 49.8 Å². The molecule has 5 heteroatoms. The summed E-state index contributed by atoms with van der Waals surface area (Å²) in [4.78, 5) is 13.0. The molecule has 1 rings (SSSR count). The quantitative estimate of drug-likeness (QED) is 0.835. The fourth-order valence-corrected chi connectivity index (χ4v) is 2.11. The minimum Gasteiger partial charge on any atom is -0.495 e. The summed E-state index contributed by atoms with van der Waals surface area (Å²) in [5.41, 5.74) is 0.917. The second-order valence-corrected chi connectivity index (χ2v) is 4.91. The molecule has 0 radical (unpaired) electrons. The molecule has 106 valence electrons. The average Bonchev–Trinajstić information content (AvgIpc) is 2.37. The van der Waals surface area contributed by atoms with E-state index < -0.39 is 11.9 Å². The van der Waals surface area contributed by atoms with E-state index in [9.17, 15) is 4.79 Å². The van der Waals surface area contributed by atoms with Gasteiger partial charge in [0.2, 0.25) is 0 Å². The van der Waals surface area contributed by atoms with Crippen molar-refractivity contribution in [2.24, 2.45) is 5.92 Å². The van der Waals surface area contributed by atoms with Crippen LogP contribution in [0.3, 0.4) is 0 Å². The number of nitrogens with zero attached hydrogens (tertiary/aromatic N) is 1. The molecule has 19 heavy (non-hydrogen) atoms. The van der Waals surface area contributed by atoms with Crippen molar-refractivity contribution in [2.75, 3.05) is 25.1 Å². The van der Waals surface area contributed by atoms with Gasteiger partial charge in [0.05, 0.1) is 18.1 Å². The lowest BCUT2D eigenvalue weighted by atomic mass is 10.1. The van der Waals surface area contributed by atoms with Crippen LogP contribution in [0.5, 0.6) is 5.75 Å². The number of halogens is 1. The third-order valence-electron chi connectivity index (χ3n) is 2.91. The maximum absolute atomic E-state index is 11.0. The fraction of sp³-hybridized carbons (Fsp3) is 0.500. The van der Waals surface area contributed by atoms with E-state index in [4.69, 9.17) is 21.4 Å². The largest absolute Gasteiger partial charge is 0.495 e. The number of ether oxygens (including phenoxy) is 1. The van der Waals surface area contributed by atoms with E-state index in [1.165, 1.54) is 0 Å². The van der Waals surface area contributed by atoms with Gasteiger partial charge in [-0.3, -0.25) is 4.79 Å². The Labute approximate surface area is 118 Å². The maximum Gasteiger partial charge on any atom is 0.308 e. The van der Waals surface area contributed by atoms with Crippen LogP contribution in [0.1, 0.15) is 20.3 Å². The molecule has 0 fully saturated rings. The molecule has 4 nitrogen and oxygen atoms in total. The second kappa shape index (κ2) is 7.24.